The maximum absolute atomic E-state index is 10.9. The van der Waals surface area contributed by atoms with Crippen LogP contribution in [-0.2, 0) is 4.74 Å². The number of hydrogen-bond donors (Lipinski definition) is 2. The zero-order valence-electron chi connectivity index (χ0n) is 10.8. The molecule has 0 unspecified atom stereocenters. The van der Waals surface area contributed by atoms with Crippen molar-refractivity contribution in [1.29, 1.82) is 0 Å². The molecule has 0 heterocycles. The van der Waals surface area contributed by atoms with E-state index in [1.54, 1.807) is 12.1 Å². The highest BCUT2D eigenvalue weighted by molar-refractivity contribution is 9.10. The van der Waals surface area contributed by atoms with Gasteiger partial charge >= 0.3 is 5.97 Å². The fourth-order valence-electron chi connectivity index (χ4n) is 1.57. The van der Waals surface area contributed by atoms with Crippen LogP contribution in [0.25, 0.3) is 0 Å². The van der Waals surface area contributed by atoms with E-state index in [4.69, 9.17) is 9.84 Å². The van der Waals surface area contributed by atoms with E-state index in [2.05, 4.69) is 21.2 Å². The Kier molecular flexibility index (Phi) is 5.16. The molecule has 1 aromatic carbocycles. The molecular formula is C13H18BrNO3. The number of ether oxygens (including phenoxy) is 1. The Balaban J connectivity index is 2.76. The summed E-state index contributed by atoms with van der Waals surface area (Å²) in [6.45, 7) is 7.17. The molecule has 2 N–H and O–H groups in total. The van der Waals surface area contributed by atoms with Crippen molar-refractivity contribution >= 4 is 27.6 Å². The maximum atomic E-state index is 10.9. The van der Waals surface area contributed by atoms with Crippen molar-refractivity contribution in [3.05, 3.63) is 28.2 Å². The third-order valence-corrected chi connectivity index (χ3v) is 2.86. The van der Waals surface area contributed by atoms with Crippen molar-refractivity contribution in [3.63, 3.8) is 0 Å². The molecule has 1 rings (SSSR count). The molecule has 0 aromatic heterocycles. The lowest BCUT2D eigenvalue weighted by molar-refractivity contribution is 0.000696. The number of carbonyl (C=O) groups is 1. The monoisotopic (exact) mass is 315 g/mol. The Morgan fingerprint density at radius 2 is 2.11 bits per heavy atom. The number of hydrogen-bond acceptors (Lipinski definition) is 3. The molecule has 0 fully saturated rings. The van der Waals surface area contributed by atoms with Gasteiger partial charge in [0.05, 0.1) is 11.2 Å². The quantitative estimate of drug-likeness (QED) is 0.845. The van der Waals surface area contributed by atoms with E-state index in [-0.39, 0.29) is 11.2 Å². The summed E-state index contributed by atoms with van der Waals surface area (Å²) < 4.78 is 6.30. The largest absolute Gasteiger partial charge is 0.478 e. The average molecular weight is 316 g/mol. The van der Waals surface area contributed by atoms with Crippen LogP contribution in [0.3, 0.4) is 0 Å². The van der Waals surface area contributed by atoms with E-state index >= 15 is 0 Å². The molecule has 0 amide bonds. The second-order valence-corrected chi connectivity index (χ2v) is 5.50. The summed E-state index contributed by atoms with van der Waals surface area (Å²) in [5.74, 6) is -0.941. The molecule has 0 aliphatic carbocycles. The van der Waals surface area contributed by atoms with E-state index in [9.17, 15) is 4.79 Å². The summed E-state index contributed by atoms with van der Waals surface area (Å²) in [4.78, 5) is 10.9. The van der Waals surface area contributed by atoms with E-state index in [0.29, 0.717) is 13.2 Å². The molecule has 0 spiro atoms. The van der Waals surface area contributed by atoms with Gasteiger partial charge in [0, 0.05) is 23.3 Å². The first kappa shape index (κ1) is 15.0. The summed E-state index contributed by atoms with van der Waals surface area (Å²) in [7, 11) is 0. The average Bonchev–Trinajstić information content (AvgIpc) is 2.26. The van der Waals surface area contributed by atoms with Crippen molar-refractivity contribution in [2.24, 2.45) is 0 Å². The van der Waals surface area contributed by atoms with Gasteiger partial charge < -0.3 is 15.2 Å². The lowest BCUT2D eigenvalue weighted by Crippen LogP contribution is -2.33. The van der Waals surface area contributed by atoms with Gasteiger partial charge in [0.2, 0.25) is 0 Å². The van der Waals surface area contributed by atoms with Crippen molar-refractivity contribution in [2.45, 2.75) is 26.4 Å². The first-order chi connectivity index (χ1) is 8.34. The van der Waals surface area contributed by atoms with Gasteiger partial charge in [-0.25, -0.2) is 4.79 Å². The van der Waals surface area contributed by atoms with Gasteiger partial charge in [0.1, 0.15) is 0 Å². The number of nitrogens with one attached hydrogen (secondary N) is 1. The molecule has 0 saturated heterocycles. The van der Waals surface area contributed by atoms with Gasteiger partial charge in [-0.15, -0.1) is 0 Å². The van der Waals surface area contributed by atoms with Crippen LogP contribution >= 0.6 is 15.9 Å². The molecule has 18 heavy (non-hydrogen) atoms. The SMILES string of the molecule is CCOC(C)(C)CNc1cc(Br)cc(C(=O)O)c1. The first-order valence-corrected chi connectivity index (χ1v) is 6.55. The number of anilines is 1. The third kappa shape index (κ3) is 4.66. The van der Waals surface area contributed by atoms with E-state index in [0.717, 1.165) is 10.2 Å². The van der Waals surface area contributed by atoms with E-state index in [1.165, 1.54) is 0 Å². The lowest BCUT2D eigenvalue weighted by Gasteiger charge is -2.25. The van der Waals surface area contributed by atoms with Crippen LogP contribution in [0, 0.1) is 0 Å². The third-order valence-electron chi connectivity index (χ3n) is 2.40. The number of rotatable bonds is 6. The molecule has 5 heteroatoms. The maximum Gasteiger partial charge on any atom is 0.335 e. The van der Waals surface area contributed by atoms with Crippen LogP contribution in [0.2, 0.25) is 0 Å². The molecule has 0 aliphatic rings. The Morgan fingerprint density at radius 3 is 2.67 bits per heavy atom. The number of benzene rings is 1. The summed E-state index contributed by atoms with van der Waals surface area (Å²) >= 11 is 3.30. The zero-order chi connectivity index (χ0) is 13.8. The fraction of sp³-hybridized carbons (Fsp3) is 0.462. The molecule has 0 bridgehead atoms. The van der Waals surface area contributed by atoms with Crippen LogP contribution in [0.1, 0.15) is 31.1 Å². The van der Waals surface area contributed by atoms with Crippen LogP contribution in [0.15, 0.2) is 22.7 Å². The second kappa shape index (κ2) is 6.20. The molecular weight excluding hydrogens is 298 g/mol. The molecule has 1 aromatic rings. The summed E-state index contributed by atoms with van der Waals surface area (Å²) in [6.07, 6.45) is 0. The Hall–Kier alpha value is -1.07. The summed E-state index contributed by atoms with van der Waals surface area (Å²) in [5.41, 5.74) is 0.719. The molecule has 100 valence electrons. The highest BCUT2D eigenvalue weighted by Crippen LogP contribution is 2.21. The smallest absolute Gasteiger partial charge is 0.335 e. The molecule has 0 radical (unpaired) electrons. The van der Waals surface area contributed by atoms with Crippen LogP contribution in [0.5, 0.6) is 0 Å². The standard InChI is InChI=1S/C13H18BrNO3/c1-4-18-13(2,3)8-15-11-6-9(12(16)17)5-10(14)7-11/h5-7,15H,4,8H2,1-3H3,(H,16,17). The predicted molar refractivity (Wildman–Crippen MR) is 75.3 cm³/mol. The minimum Gasteiger partial charge on any atom is -0.478 e. The second-order valence-electron chi connectivity index (χ2n) is 4.58. The van der Waals surface area contributed by atoms with Gasteiger partial charge in [0.25, 0.3) is 0 Å². The van der Waals surface area contributed by atoms with Crippen LogP contribution in [-0.4, -0.2) is 29.8 Å². The van der Waals surface area contributed by atoms with Gasteiger partial charge in [-0.1, -0.05) is 15.9 Å². The number of carboxylic acid groups (broad SMARTS) is 1. The highest BCUT2D eigenvalue weighted by Gasteiger charge is 2.17. The highest BCUT2D eigenvalue weighted by atomic mass is 79.9. The molecule has 4 nitrogen and oxygen atoms in total. The zero-order valence-corrected chi connectivity index (χ0v) is 12.4. The van der Waals surface area contributed by atoms with Gasteiger partial charge in [0.15, 0.2) is 0 Å². The van der Waals surface area contributed by atoms with Crippen molar-refractivity contribution in [2.75, 3.05) is 18.5 Å². The Labute approximate surface area is 115 Å². The fourth-order valence-corrected chi connectivity index (χ4v) is 2.07. The van der Waals surface area contributed by atoms with Crippen molar-refractivity contribution < 1.29 is 14.6 Å². The summed E-state index contributed by atoms with van der Waals surface area (Å²) in [5, 5.41) is 12.2. The van der Waals surface area contributed by atoms with Crippen LogP contribution in [0.4, 0.5) is 5.69 Å². The van der Waals surface area contributed by atoms with E-state index < -0.39 is 5.97 Å². The topological polar surface area (TPSA) is 58.6 Å². The van der Waals surface area contributed by atoms with Gasteiger partial charge in [-0.3, -0.25) is 0 Å². The lowest BCUT2D eigenvalue weighted by atomic mass is 10.1. The number of aromatic carboxylic acids is 1. The molecule has 0 saturated carbocycles. The first-order valence-electron chi connectivity index (χ1n) is 5.76. The van der Waals surface area contributed by atoms with Crippen LogP contribution < -0.4 is 5.32 Å². The number of halogens is 1. The number of carboxylic acids is 1. The normalized spacial score (nSPS) is 11.3. The van der Waals surface area contributed by atoms with Gasteiger partial charge in [-0.05, 0) is 39.0 Å². The minimum absolute atomic E-state index is 0.251. The Morgan fingerprint density at radius 1 is 1.44 bits per heavy atom. The Bertz CT molecular complexity index is 432. The van der Waals surface area contributed by atoms with Crippen molar-refractivity contribution in [3.8, 4) is 0 Å². The van der Waals surface area contributed by atoms with E-state index in [1.807, 2.05) is 26.8 Å². The molecule has 0 atom stereocenters. The minimum atomic E-state index is -0.941. The van der Waals surface area contributed by atoms with Crippen molar-refractivity contribution in [1.82, 2.24) is 0 Å². The molecule has 0 aliphatic heterocycles. The summed E-state index contributed by atoms with van der Waals surface area (Å²) in [6, 6.07) is 5.02. The van der Waals surface area contributed by atoms with Gasteiger partial charge in [-0.2, -0.15) is 0 Å². The predicted octanol–water partition coefficient (Wildman–Crippen LogP) is 3.37.